The molecule has 1 aliphatic carbocycles. The molecular weight excluding hydrogens is 713 g/mol. The third-order valence-electron chi connectivity index (χ3n) is 10.1. The lowest BCUT2D eigenvalue weighted by Gasteiger charge is -2.34. The minimum Gasteiger partial charge on any atom is -0.444 e. The van der Waals surface area contributed by atoms with E-state index >= 15 is 0 Å². The number of nitrogens with two attached hydrogens (primary N) is 1. The Morgan fingerprint density at radius 3 is 2.25 bits per heavy atom. The van der Waals surface area contributed by atoms with E-state index in [1.807, 2.05) is 42.5 Å². The molecule has 0 spiro atoms. The molecule has 0 saturated heterocycles. The summed E-state index contributed by atoms with van der Waals surface area (Å²) in [5.41, 5.74) is 7.22. The fourth-order valence-corrected chi connectivity index (χ4v) is 7.19. The van der Waals surface area contributed by atoms with Crippen molar-refractivity contribution in [2.24, 2.45) is 17.6 Å². The maximum absolute atomic E-state index is 14.2. The van der Waals surface area contributed by atoms with Crippen molar-refractivity contribution in [1.29, 1.82) is 0 Å². The number of rotatable bonds is 21. The average Bonchev–Trinajstić information content (AvgIpc) is 3.69. The monoisotopic (exact) mass is 774 g/mol. The summed E-state index contributed by atoms with van der Waals surface area (Å²) in [5, 5.41) is 23.8. The molecule has 0 unspecified atom stereocenters. The molecule has 8 N–H and O–H groups in total. The van der Waals surface area contributed by atoms with Crippen LogP contribution < -0.4 is 27.0 Å². The van der Waals surface area contributed by atoms with Crippen LogP contribution >= 0.6 is 0 Å². The summed E-state index contributed by atoms with van der Waals surface area (Å²) < 4.78 is 5.45. The van der Waals surface area contributed by atoms with Crippen molar-refractivity contribution >= 4 is 23.8 Å². The first-order chi connectivity index (χ1) is 26.9. The number of aromatic amines is 1. The Kier molecular flexibility index (Phi) is 17.9. The summed E-state index contributed by atoms with van der Waals surface area (Å²) in [6.07, 6.45) is 13.0. The summed E-state index contributed by atoms with van der Waals surface area (Å²) >= 11 is 0. The van der Waals surface area contributed by atoms with Gasteiger partial charge in [-0.25, -0.2) is 9.78 Å². The number of unbranched alkanes of at least 4 members (excludes halogenated alkanes) is 1. The highest BCUT2D eigenvalue weighted by Gasteiger charge is 2.34. The summed E-state index contributed by atoms with van der Waals surface area (Å²) in [6, 6.07) is 10.2. The second-order valence-electron chi connectivity index (χ2n) is 15.9. The Hall–Kier alpha value is -4.66. The van der Waals surface area contributed by atoms with E-state index in [2.05, 4.69) is 36.2 Å². The van der Waals surface area contributed by atoms with Crippen molar-refractivity contribution in [3.05, 3.63) is 84.2 Å². The molecule has 0 bridgehead atoms. The molecule has 1 fully saturated rings. The molecule has 14 heteroatoms. The molecule has 2 aromatic heterocycles. The highest BCUT2D eigenvalue weighted by atomic mass is 16.6. The van der Waals surface area contributed by atoms with Crippen LogP contribution in [0.3, 0.4) is 0 Å². The van der Waals surface area contributed by atoms with Crippen molar-refractivity contribution < 1.29 is 29.0 Å². The number of imide groups is 1. The van der Waals surface area contributed by atoms with E-state index in [1.54, 1.807) is 39.4 Å². The third-order valence-corrected chi connectivity index (χ3v) is 10.1. The van der Waals surface area contributed by atoms with Crippen molar-refractivity contribution in [2.45, 2.75) is 128 Å². The maximum Gasteiger partial charge on any atom is 0.408 e. The Morgan fingerprint density at radius 1 is 0.893 bits per heavy atom. The van der Waals surface area contributed by atoms with Crippen LogP contribution in [0.1, 0.15) is 95.4 Å². The zero-order valence-corrected chi connectivity index (χ0v) is 33.2. The number of hydrogen-bond donors (Lipinski definition) is 7. The lowest BCUT2D eigenvalue weighted by atomic mass is 9.81. The number of ether oxygens (including phenoxy) is 1. The molecule has 1 aliphatic rings. The molecule has 0 aliphatic heterocycles. The van der Waals surface area contributed by atoms with Gasteiger partial charge >= 0.3 is 6.09 Å². The standard InChI is InChI=1S/C42H62N8O6/c1-42(2,3)56-41(55)49-35(24-30-14-8-5-9-15-30)39(53)50-40(54)36(26-33-27-45-28-47-33)48-34(23-29-12-6-4-7-13-29)37(51)25-32(22-31-16-20-44-21-17-31)38(52)46-19-11-10-18-43/h5,8-9,14-17,20-21,27-29,32,34-37,48,51H,4,6-7,10-13,18-19,22-26,43H2,1-3H3,(H,45,47)(H,46,52)(H,49,55)(H,50,53,54)/t32-,34+,35+,36+,37+/m1/s1. The molecule has 3 aromatic rings. The topological polar surface area (TPSA) is 213 Å². The van der Waals surface area contributed by atoms with E-state index < -0.39 is 53.7 Å². The van der Waals surface area contributed by atoms with Crippen LogP contribution in [0, 0.1) is 11.8 Å². The van der Waals surface area contributed by atoms with Gasteiger partial charge in [-0.15, -0.1) is 0 Å². The largest absolute Gasteiger partial charge is 0.444 e. The number of aromatic nitrogens is 3. The van der Waals surface area contributed by atoms with E-state index in [1.165, 1.54) is 6.33 Å². The molecule has 5 atom stereocenters. The van der Waals surface area contributed by atoms with Gasteiger partial charge in [-0.1, -0.05) is 62.4 Å². The van der Waals surface area contributed by atoms with Gasteiger partial charge in [0, 0.05) is 55.6 Å². The van der Waals surface area contributed by atoms with Gasteiger partial charge < -0.3 is 36.5 Å². The molecule has 56 heavy (non-hydrogen) atoms. The predicted octanol–water partition coefficient (Wildman–Crippen LogP) is 3.89. The van der Waals surface area contributed by atoms with Crippen LogP contribution in [0.25, 0.3) is 0 Å². The maximum atomic E-state index is 14.2. The number of hydrogen-bond acceptors (Lipinski definition) is 10. The van der Waals surface area contributed by atoms with Crippen molar-refractivity contribution in [3.8, 4) is 0 Å². The van der Waals surface area contributed by atoms with Crippen LogP contribution in [0.4, 0.5) is 4.79 Å². The number of benzene rings is 1. The van der Waals surface area contributed by atoms with Crippen LogP contribution in [0.5, 0.6) is 0 Å². The second-order valence-corrected chi connectivity index (χ2v) is 15.9. The summed E-state index contributed by atoms with van der Waals surface area (Å²) in [5.74, 6) is -1.73. The normalized spacial score (nSPS) is 16.2. The number of aliphatic hydroxyl groups is 1. The smallest absolute Gasteiger partial charge is 0.408 e. The van der Waals surface area contributed by atoms with E-state index in [0.717, 1.165) is 56.1 Å². The Morgan fingerprint density at radius 2 is 1.59 bits per heavy atom. The van der Waals surface area contributed by atoms with E-state index in [-0.39, 0.29) is 25.2 Å². The molecule has 306 valence electrons. The molecule has 4 rings (SSSR count). The van der Waals surface area contributed by atoms with Gasteiger partial charge in [-0.2, -0.15) is 0 Å². The Bertz CT molecular complexity index is 1610. The zero-order chi connectivity index (χ0) is 40.3. The van der Waals surface area contributed by atoms with E-state index in [0.29, 0.717) is 37.5 Å². The van der Waals surface area contributed by atoms with Gasteiger partial charge in [0.1, 0.15) is 11.6 Å². The molecular formula is C42H62N8O6. The number of alkyl carbamates (subject to hydrolysis) is 1. The lowest BCUT2D eigenvalue weighted by molar-refractivity contribution is -0.133. The third kappa shape index (κ3) is 15.8. The number of H-pyrrole nitrogens is 1. The molecule has 1 saturated carbocycles. The van der Waals surface area contributed by atoms with Gasteiger partial charge in [0.05, 0.1) is 18.5 Å². The minimum absolute atomic E-state index is 0.119. The molecule has 2 heterocycles. The Labute approximate surface area is 330 Å². The molecule has 0 radical (unpaired) electrons. The number of aliphatic hydroxyl groups excluding tert-OH is 1. The number of pyridine rings is 1. The number of carbonyl (C=O) groups excluding carboxylic acids is 4. The van der Waals surface area contributed by atoms with Crippen LogP contribution in [-0.2, 0) is 38.4 Å². The van der Waals surface area contributed by atoms with Crippen LogP contribution in [-0.4, -0.2) is 86.8 Å². The quantitative estimate of drug-likeness (QED) is 0.0776. The summed E-state index contributed by atoms with van der Waals surface area (Å²) in [6.45, 7) is 6.20. The van der Waals surface area contributed by atoms with Gasteiger partial charge in [0.2, 0.25) is 17.7 Å². The number of carbonyl (C=O) groups is 4. The first-order valence-electron chi connectivity index (χ1n) is 20.1. The fraction of sp³-hybridized carbons (Fsp3) is 0.571. The summed E-state index contributed by atoms with van der Waals surface area (Å²) in [7, 11) is 0. The van der Waals surface area contributed by atoms with Crippen LogP contribution in [0.2, 0.25) is 0 Å². The fourth-order valence-electron chi connectivity index (χ4n) is 7.19. The van der Waals surface area contributed by atoms with Crippen molar-refractivity contribution in [1.82, 2.24) is 36.2 Å². The highest BCUT2D eigenvalue weighted by molar-refractivity contribution is 6.01. The SMILES string of the molecule is CC(C)(C)OC(=O)N[C@@H](Cc1ccccc1)C(=O)NC(=O)[C@H](Cc1cnc[nH]1)N[C@@H](CC1CCCCC1)[C@@H](O)C[C@@H](Cc1ccncc1)C(=O)NCCCCN. The lowest BCUT2D eigenvalue weighted by Crippen LogP contribution is -2.57. The zero-order valence-electron chi connectivity index (χ0n) is 33.2. The van der Waals surface area contributed by atoms with E-state index in [4.69, 9.17) is 10.5 Å². The van der Waals surface area contributed by atoms with Gasteiger partial charge in [0.25, 0.3) is 0 Å². The van der Waals surface area contributed by atoms with Gasteiger partial charge in [-0.3, -0.25) is 24.7 Å². The minimum atomic E-state index is -1.12. The van der Waals surface area contributed by atoms with Crippen molar-refractivity contribution in [2.75, 3.05) is 13.1 Å². The molecule has 1 aromatic carbocycles. The van der Waals surface area contributed by atoms with Gasteiger partial charge in [-0.05, 0) is 88.6 Å². The number of imidazole rings is 1. The molecule has 4 amide bonds. The predicted molar refractivity (Wildman–Crippen MR) is 214 cm³/mol. The molecule has 14 nitrogen and oxygen atoms in total. The summed E-state index contributed by atoms with van der Waals surface area (Å²) in [4.78, 5) is 65.9. The highest BCUT2D eigenvalue weighted by Crippen LogP contribution is 2.30. The number of nitrogens with zero attached hydrogens (tertiary/aromatic N) is 2. The van der Waals surface area contributed by atoms with Gasteiger partial charge in [0.15, 0.2) is 0 Å². The number of nitrogens with one attached hydrogen (secondary N) is 5. The first kappa shape index (κ1) is 44.1. The van der Waals surface area contributed by atoms with E-state index in [9.17, 15) is 24.3 Å². The average molecular weight is 775 g/mol. The Balaban J connectivity index is 1.58. The van der Waals surface area contributed by atoms with Crippen molar-refractivity contribution in [3.63, 3.8) is 0 Å². The number of amides is 4. The second kappa shape index (κ2) is 22.8. The first-order valence-corrected chi connectivity index (χ1v) is 20.1. The van der Waals surface area contributed by atoms with Crippen LogP contribution in [0.15, 0.2) is 67.4 Å².